The molecule has 2 aromatic rings. The molecule has 0 spiro atoms. The summed E-state index contributed by atoms with van der Waals surface area (Å²) in [7, 11) is -1.93. The summed E-state index contributed by atoms with van der Waals surface area (Å²) in [5.74, 6) is -0.452. The molecule has 1 aromatic carbocycles. The Balaban J connectivity index is 2.38. The highest BCUT2D eigenvalue weighted by molar-refractivity contribution is 7.90. The Kier molecular flexibility index (Phi) is 3.30. The number of nitrogens with zero attached hydrogens (tertiary/aromatic N) is 4. The van der Waals surface area contributed by atoms with Gasteiger partial charge in [0.2, 0.25) is 5.95 Å². The number of nitrogens with one attached hydrogen (secondary N) is 1. The molecule has 0 saturated carbocycles. The molecule has 0 aliphatic heterocycles. The Morgan fingerprint density at radius 1 is 1.32 bits per heavy atom. The van der Waals surface area contributed by atoms with E-state index in [1.54, 1.807) is 19.2 Å². The van der Waals surface area contributed by atoms with Crippen LogP contribution in [0.2, 0.25) is 0 Å². The van der Waals surface area contributed by atoms with Crippen LogP contribution in [0, 0.1) is 0 Å². The van der Waals surface area contributed by atoms with Crippen LogP contribution in [0.4, 0.5) is 5.95 Å². The number of hydrogen-bond acceptors (Lipinski definition) is 6. The summed E-state index contributed by atoms with van der Waals surface area (Å²) in [5.41, 5.74) is 0.0491. The number of hydrogen-bond donors (Lipinski definition) is 1. The normalized spacial score (nSPS) is 11.3. The Hall–Kier alpha value is -2.29. The van der Waals surface area contributed by atoms with Crippen LogP contribution in [0.25, 0.3) is 0 Å². The molecule has 1 N–H and O–H groups in total. The molecule has 0 saturated heterocycles. The monoisotopic (exact) mass is 281 g/mol. The van der Waals surface area contributed by atoms with Crippen molar-refractivity contribution in [3.8, 4) is 0 Å². The first-order valence-electron chi connectivity index (χ1n) is 5.22. The molecule has 0 radical (unpaired) electrons. The zero-order chi connectivity index (χ0) is 14.0. The minimum Gasteiger partial charge on any atom is -0.289 e. The van der Waals surface area contributed by atoms with Gasteiger partial charge in [-0.05, 0) is 22.6 Å². The second kappa shape index (κ2) is 4.76. The molecular weight excluding hydrogens is 270 g/mol. The number of benzene rings is 1. The zero-order valence-corrected chi connectivity index (χ0v) is 11.0. The molecule has 0 aliphatic rings. The van der Waals surface area contributed by atoms with E-state index in [0.29, 0.717) is 0 Å². The number of sulfone groups is 1. The second-order valence-electron chi connectivity index (χ2n) is 3.85. The van der Waals surface area contributed by atoms with Crippen LogP contribution in [0.5, 0.6) is 0 Å². The van der Waals surface area contributed by atoms with Gasteiger partial charge >= 0.3 is 0 Å². The van der Waals surface area contributed by atoms with E-state index in [9.17, 15) is 13.2 Å². The van der Waals surface area contributed by atoms with Crippen molar-refractivity contribution in [1.82, 2.24) is 20.2 Å². The predicted octanol–water partition coefficient (Wildman–Crippen LogP) is -0.134. The third kappa shape index (κ3) is 2.76. The molecule has 9 heteroatoms. The first kappa shape index (κ1) is 13.1. The van der Waals surface area contributed by atoms with Gasteiger partial charge in [0, 0.05) is 13.3 Å². The van der Waals surface area contributed by atoms with Crippen molar-refractivity contribution < 1.29 is 13.2 Å². The fourth-order valence-electron chi connectivity index (χ4n) is 1.48. The van der Waals surface area contributed by atoms with E-state index in [2.05, 4.69) is 20.8 Å². The smallest absolute Gasteiger partial charge is 0.259 e. The van der Waals surface area contributed by atoms with Crippen LogP contribution < -0.4 is 5.32 Å². The van der Waals surface area contributed by atoms with Crippen molar-refractivity contribution in [3.63, 3.8) is 0 Å². The van der Waals surface area contributed by atoms with Crippen LogP contribution in [0.15, 0.2) is 29.2 Å². The van der Waals surface area contributed by atoms with Crippen molar-refractivity contribution in [2.45, 2.75) is 4.90 Å². The Morgan fingerprint density at radius 3 is 2.58 bits per heavy atom. The van der Waals surface area contributed by atoms with E-state index in [1.165, 1.54) is 16.8 Å². The Morgan fingerprint density at radius 2 is 2.00 bits per heavy atom. The van der Waals surface area contributed by atoms with Crippen LogP contribution in [0.3, 0.4) is 0 Å². The fourth-order valence-corrected chi connectivity index (χ4v) is 2.37. The van der Waals surface area contributed by atoms with Gasteiger partial charge in [0.15, 0.2) is 9.84 Å². The number of aryl methyl sites for hydroxylation is 1. The number of rotatable bonds is 3. The highest BCUT2D eigenvalue weighted by Crippen LogP contribution is 2.16. The van der Waals surface area contributed by atoms with Crippen molar-refractivity contribution in [2.24, 2.45) is 7.05 Å². The van der Waals surface area contributed by atoms with E-state index < -0.39 is 15.7 Å². The van der Waals surface area contributed by atoms with Crippen LogP contribution >= 0.6 is 0 Å². The highest BCUT2D eigenvalue weighted by Gasteiger charge is 2.19. The summed E-state index contributed by atoms with van der Waals surface area (Å²) in [5, 5.41) is 13.0. The standard InChI is InChI=1S/C10H11N5O3S/c1-15-10(12-13-14-15)11-9(16)7-5-3-4-6-8(7)19(2,17)18/h3-6H,1-2H3,(H,11,12,14,16). The molecule has 19 heavy (non-hydrogen) atoms. The lowest BCUT2D eigenvalue weighted by atomic mass is 10.2. The number of tetrazole rings is 1. The quantitative estimate of drug-likeness (QED) is 0.839. The van der Waals surface area contributed by atoms with Crippen LogP contribution in [-0.2, 0) is 16.9 Å². The second-order valence-corrected chi connectivity index (χ2v) is 5.83. The van der Waals surface area contributed by atoms with Gasteiger partial charge in [-0.15, -0.1) is 0 Å². The molecule has 100 valence electrons. The summed E-state index contributed by atoms with van der Waals surface area (Å²) in [6, 6.07) is 5.93. The molecular formula is C10H11N5O3S. The van der Waals surface area contributed by atoms with E-state index in [-0.39, 0.29) is 16.4 Å². The van der Waals surface area contributed by atoms with Crippen molar-refractivity contribution in [2.75, 3.05) is 11.6 Å². The fraction of sp³-hybridized carbons (Fsp3) is 0.200. The van der Waals surface area contributed by atoms with Gasteiger partial charge in [-0.3, -0.25) is 10.1 Å². The van der Waals surface area contributed by atoms with Crippen molar-refractivity contribution >= 4 is 21.7 Å². The summed E-state index contributed by atoms with van der Waals surface area (Å²) < 4.78 is 24.5. The zero-order valence-electron chi connectivity index (χ0n) is 10.2. The minimum atomic E-state index is -3.49. The molecule has 0 bridgehead atoms. The summed E-state index contributed by atoms with van der Waals surface area (Å²) in [6.45, 7) is 0. The SMILES string of the molecule is Cn1nnnc1NC(=O)c1ccccc1S(C)(=O)=O. The van der Waals surface area contributed by atoms with Crippen LogP contribution in [0.1, 0.15) is 10.4 Å². The van der Waals surface area contributed by atoms with Gasteiger partial charge in [0.25, 0.3) is 5.91 Å². The molecule has 1 aromatic heterocycles. The summed E-state index contributed by atoms with van der Waals surface area (Å²) in [6.07, 6.45) is 1.04. The van der Waals surface area contributed by atoms with Gasteiger partial charge in [0.05, 0.1) is 10.5 Å². The number of carbonyl (C=O) groups excluding carboxylic acids is 1. The predicted molar refractivity (Wildman–Crippen MR) is 66.3 cm³/mol. The van der Waals surface area contributed by atoms with E-state index in [1.807, 2.05) is 0 Å². The molecule has 0 unspecified atom stereocenters. The molecule has 1 heterocycles. The molecule has 2 rings (SSSR count). The number of anilines is 1. The first-order chi connectivity index (χ1) is 8.89. The number of amides is 1. The molecule has 1 amide bonds. The maximum Gasteiger partial charge on any atom is 0.259 e. The first-order valence-corrected chi connectivity index (χ1v) is 7.11. The highest BCUT2D eigenvalue weighted by atomic mass is 32.2. The average molecular weight is 281 g/mol. The van der Waals surface area contributed by atoms with Gasteiger partial charge in [-0.25, -0.2) is 13.1 Å². The third-order valence-corrected chi connectivity index (χ3v) is 3.53. The number of carbonyl (C=O) groups is 1. The van der Waals surface area contributed by atoms with Gasteiger partial charge in [-0.2, -0.15) is 0 Å². The molecule has 0 atom stereocenters. The largest absolute Gasteiger partial charge is 0.289 e. The molecule has 8 nitrogen and oxygen atoms in total. The van der Waals surface area contributed by atoms with E-state index in [4.69, 9.17) is 0 Å². The van der Waals surface area contributed by atoms with Crippen molar-refractivity contribution in [3.05, 3.63) is 29.8 Å². The Labute approximate surface area is 109 Å². The topological polar surface area (TPSA) is 107 Å². The van der Waals surface area contributed by atoms with E-state index >= 15 is 0 Å². The summed E-state index contributed by atoms with van der Waals surface area (Å²) >= 11 is 0. The van der Waals surface area contributed by atoms with Gasteiger partial charge in [0.1, 0.15) is 0 Å². The van der Waals surface area contributed by atoms with Crippen molar-refractivity contribution in [1.29, 1.82) is 0 Å². The molecule has 0 aliphatic carbocycles. The Bertz CT molecular complexity index is 722. The van der Waals surface area contributed by atoms with E-state index in [0.717, 1.165) is 6.26 Å². The average Bonchev–Trinajstić information content (AvgIpc) is 2.74. The lowest BCUT2D eigenvalue weighted by molar-refractivity contribution is 0.102. The van der Waals surface area contributed by atoms with Gasteiger partial charge in [-0.1, -0.05) is 17.2 Å². The maximum absolute atomic E-state index is 12.0. The summed E-state index contributed by atoms with van der Waals surface area (Å²) in [4.78, 5) is 12.0. The third-order valence-electron chi connectivity index (χ3n) is 2.38. The molecule has 0 fully saturated rings. The minimum absolute atomic E-state index is 0.0392. The lowest BCUT2D eigenvalue weighted by Gasteiger charge is -2.07. The number of aromatic nitrogens is 4. The van der Waals surface area contributed by atoms with Gasteiger partial charge < -0.3 is 0 Å². The lowest BCUT2D eigenvalue weighted by Crippen LogP contribution is -2.18. The van der Waals surface area contributed by atoms with Crippen LogP contribution in [-0.4, -0.2) is 40.8 Å². The maximum atomic E-state index is 12.0.